The normalized spacial score (nSPS) is 16.9. The number of ketones is 1. The van der Waals surface area contributed by atoms with E-state index in [-0.39, 0.29) is 23.7 Å². The number of nitrogens with zero attached hydrogens (tertiary/aromatic N) is 1. The summed E-state index contributed by atoms with van der Waals surface area (Å²) in [6, 6.07) is 12.9. The second-order valence-electron chi connectivity index (χ2n) is 5.97. The third-order valence-electron chi connectivity index (χ3n) is 4.27. The summed E-state index contributed by atoms with van der Waals surface area (Å²) < 4.78 is 13.5. The lowest BCUT2D eigenvalue weighted by Crippen LogP contribution is -2.34. The molecule has 0 aliphatic carbocycles. The Kier molecular flexibility index (Phi) is 4.60. The molecule has 0 aromatic heterocycles. The number of hydrogen-bond acceptors (Lipinski definition) is 2. The lowest BCUT2D eigenvalue weighted by atomic mass is 10.0. The van der Waals surface area contributed by atoms with E-state index >= 15 is 0 Å². The van der Waals surface area contributed by atoms with Gasteiger partial charge in [0.05, 0.1) is 6.04 Å². The van der Waals surface area contributed by atoms with Crippen molar-refractivity contribution in [3.63, 3.8) is 0 Å². The molecule has 124 valence electrons. The van der Waals surface area contributed by atoms with Crippen LogP contribution in [0.25, 0.3) is 0 Å². The monoisotopic (exact) mass is 326 g/mol. The Morgan fingerprint density at radius 3 is 2.71 bits per heavy atom. The summed E-state index contributed by atoms with van der Waals surface area (Å²) in [5.74, 6) is -0.348. The minimum absolute atomic E-state index is 0.0510. The third-order valence-corrected chi connectivity index (χ3v) is 4.27. The fraction of sp³-hybridized carbons (Fsp3) is 0.263. The quantitative estimate of drug-likeness (QED) is 0.850. The summed E-state index contributed by atoms with van der Waals surface area (Å²) in [6.45, 7) is 2.11. The van der Waals surface area contributed by atoms with Crippen LogP contribution in [0.5, 0.6) is 0 Å². The van der Waals surface area contributed by atoms with E-state index in [1.807, 2.05) is 6.07 Å². The standard InChI is InChI=1S/C19H19FN2O2/c1-13(23)14-5-3-8-17(12-14)21-19(24)22-10-4-9-18(22)15-6-2-7-16(20)11-15/h2-3,5-8,11-12,18H,4,9-10H2,1H3,(H,21,24). The van der Waals surface area contributed by atoms with E-state index in [0.717, 1.165) is 18.4 Å². The summed E-state index contributed by atoms with van der Waals surface area (Å²) in [5, 5.41) is 2.83. The summed E-state index contributed by atoms with van der Waals surface area (Å²) in [7, 11) is 0. The number of benzene rings is 2. The molecule has 3 rings (SSSR count). The van der Waals surface area contributed by atoms with Gasteiger partial charge in [-0.2, -0.15) is 0 Å². The number of rotatable bonds is 3. The van der Waals surface area contributed by atoms with Gasteiger partial charge in [-0.05, 0) is 49.6 Å². The fourth-order valence-corrected chi connectivity index (χ4v) is 3.08. The van der Waals surface area contributed by atoms with Crippen molar-refractivity contribution in [2.24, 2.45) is 0 Å². The van der Waals surface area contributed by atoms with Gasteiger partial charge in [0.1, 0.15) is 5.82 Å². The van der Waals surface area contributed by atoms with Gasteiger partial charge in [-0.25, -0.2) is 9.18 Å². The number of carbonyl (C=O) groups is 2. The van der Waals surface area contributed by atoms with Gasteiger partial charge in [-0.3, -0.25) is 4.79 Å². The van der Waals surface area contributed by atoms with E-state index in [1.165, 1.54) is 19.1 Å². The highest BCUT2D eigenvalue weighted by Gasteiger charge is 2.30. The van der Waals surface area contributed by atoms with Crippen LogP contribution in [-0.4, -0.2) is 23.3 Å². The van der Waals surface area contributed by atoms with Gasteiger partial charge < -0.3 is 10.2 Å². The van der Waals surface area contributed by atoms with Gasteiger partial charge in [0.25, 0.3) is 0 Å². The Balaban J connectivity index is 1.76. The molecule has 1 saturated heterocycles. The zero-order chi connectivity index (χ0) is 17.1. The van der Waals surface area contributed by atoms with Crippen molar-refractivity contribution in [1.29, 1.82) is 0 Å². The van der Waals surface area contributed by atoms with Crippen molar-refractivity contribution in [2.75, 3.05) is 11.9 Å². The molecule has 1 aliphatic rings. The number of urea groups is 1. The summed E-state index contributed by atoms with van der Waals surface area (Å²) in [4.78, 5) is 25.8. The molecule has 1 fully saturated rings. The molecule has 0 bridgehead atoms. The highest BCUT2D eigenvalue weighted by Crippen LogP contribution is 2.32. The van der Waals surface area contributed by atoms with E-state index in [0.29, 0.717) is 17.8 Å². The lowest BCUT2D eigenvalue weighted by molar-refractivity contribution is 0.101. The van der Waals surface area contributed by atoms with E-state index in [9.17, 15) is 14.0 Å². The van der Waals surface area contributed by atoms with Crippen molar-refractivity contribution in [3.05, 3.63) is 65.5 Å². The minimum Gasteiger partial charge on any atom is -0.317 e. The van der Waals surface area contributed by atoms with Crippen LogP contribution in [0.3, 0.4) is 0 Å². The van der Waals surface area contributed by atoms with Crippen molar-refractivity contribution in [3.8, 4) is 0 Å². The second-order valence-corrected chi connectivity index (χ2v) is 5.97. The molecule has 24 heavy (non-hydrogen) atoms. The van der Waals surface area contributed by atoms with Gasteiger partial charge in [0.15, 0.2) is 5.78 Å². The van der Waals surface area contributed by atoms with Gasteiger partial charge >= 0.3 is 6.03 Å². The van der Waals surface area contributed by atoms with Crippen molar-refractivity contribution >= 4 is 17.5 Å². The van der Waals surface area contributed by atoms with Crippen molar-refractivity contribution in [2.45, 2.75) is 25.8 Å². The van der Waals surface area contributed by atoms with Crippen LogP contribution in [0, 0.1) is 5.82 Å². The molecule has 5 heteroatoms. The molecule has 1 aliphatic heterocycles. The molecule has 4 nitrogen and oxygen atoms in total. The zero-order valence-corrected chi connectivity index (χ0v) is 13.5. The third kappa shape index (κ3) is 3.45. The molecule has 1 N–H and O–H groups in total. The van der Waals surface area contributed by atoms with E-state index < -0.39 is 0 Å². The minimum atomic E-state index is -0.297. The van der Waals surface area contributed by atoms with Crippen LogP contribution in [0.2, 0.25) is 0 Å². The lowest BCUT2D eigenvalue weighted by Gasteiger charge is -2.25. The highest BCUT2D eigenvalue weighted by atomic mass is 19.1. The molecule has 2 amide bonds. The first-order valence-corrected chi connectivity index (χ1v) is 7.98. The molecular formula is C19H19FN2O2. The number of carbonyl (C=O) groups excluding carboxylic acids is 2. The van der Waals surface area contributed by atoms with Crippen molar-refractivity contribution < 1.29 is 14.0 Å². The predicted octanol–water partition coefficient (Wildman–Crippen LogP) is 4.40. The van der Waals surface area contributed by atoms with Crippen LogP contribution >= 0.6 is 0 Å². The predicted molar refractivity (Wildman–Crippen MR) is 90.5 cm³/mol. The Hall–Kier alpha value is -2.69. The number of likely N-dealkylation sites (tertiary alicyclic amines) is 1. The average Bonchev–Trinajstić information content (AvgIpc) is 3.05. The molecule has 0 saturated carbocycles. The number of halogens is 1. The maximum atomic E-state index is 13.5. The summed E-state index contributed by atoms with van der Waals surface area (Å²) in [6.07, 6.45) is 1.69. The smallest absolute Gasteiger partial charge is 0.317 e. The largest absolute Gasteiger partial charge is 0.322 e. The molecule has 0 radical (unpaired) electrons. The van der Waals surface area contributed by atoms with E-state index in [2.05, 4.69) is 5.32 Å². The zero-order valence-electron chi connectivity index (χ0n) is 13.5. The van der Waals surface area contributed by atoms with Crippen LogP contribution in [0.15, 0.2) is 48.5 Å². The number of hydrogen-bond donors (Lipinski definition) is 1. The SMILES string of the molecule is CC(=O)c1cccc(NC(=O)N2CCCC2c2cccc(F)c2)c1. The fourth-order valence-electron chi connectivity index (χ4n) is 3.08. The van der Waals surface area contributed by atoms with Gasteiger partial charge in [-0.1, -0.05) is 24.3 Å². The molecule has 1 heterocycles. The Bertz CT molecular complexity index is 775. The first-order chi connectivity index (χ1) is 11.5. The Morgan fingerprint density at radius 1 is 1.17 bits per heavy atom. The number of Topliss-reactive ketones (excluding diaryl/α,β-unsaturated/α-hetero) is 1. The van der Waals surface area contributed by atoms with Crippen LogP contribution < -0.4 is 5.32 Å². The molecule has 1 atom stereocenters. The number of nitrogens with one attached hydrogen (secondary N) is 1. The first-order valence-electron chi connectivity index (χ1n) is 7.98. The maximum absolute atomic E-state index is 13.5. The summed E-state index contributed by atoms with van der Waals surface area (Å²) >= 11 is 0. The summed E-state index contributed by atoms with van der Waals surface area (Å²) in [5.41, 5.74) is 1.94. The molecule has 2 aromatic carbocycles. The highest BCUT2D eigenvalue weighted by molar-refractivity contribution is 5.96. The van der Waals surface area contributed by atoms with E-state index in [4.69, 9.17) is 0 Å². The number of anilines is 1. The Labute approximate surface area is 140 Å². The van der Waals surface area contributed by atoms with E-state index in [1.54, 1.807) is 35.2 Å². The maximum Gasteiger partial charge on any atom is 0.322 e. The average molecular weight is 326 g/mol. The number of amides is 2. The molecule has 0 spiro atoms. The molecule has 2 aromatic rings. The Morgan fingerprint density at radius 2 is 1.96 bits per heavy atom. The van der Waals surface area contributed by atoms with Crippen LogP contribution in [-0.2, 0) is 0 Å². The molecular weight excluding hydrogens is 307 g/mol. The van der Waals surface area contributed by atoms with Crippen molar-refractivity contribution in [1.82, 2.24) is 4.90 Å². The van der Waals surface area contributed by atoms with Crippen LogP contribution in [0.1, 0.15) is 41.7 Å². The topological polar surface area (TPSA) is 49.4 Å². The molecule has 1 unspecified atom stereocenters. The van der Waals surface area contributed by atoms with Crippen LogP contribution in [0.4, 0.5) is 14.9 Å². The first kappa shape index (κ1) is 16.2. The second kappa shape index (κ2) is 6.83. The van der Waals surface area contributed by atoms with Gasteiger partial charge in [0.2, 0.25) is 0 Å². The van der Waals surface area contributed by atoms with Gasteiger partial charge in [0, 0.05) is 17.8 Å². The van der Waals surface area contributed by atoms with Gasteiger partial charge in [-0.15, -0.1) is 0 Å².